The Morgan fingerprint density at radius 3 is 2.86 bits per heavy atom. The summed E-state index contributed by atoms with van der Waals surface area (Å²) in [5, 5.41) is 23.4. The van der Waals surface area contributed by atoms with Gasteiger partial charge < -0.3 is 15.4 Å². The van der Waals surface area contributed by atoms with Crippen molar-refractivity contribution in [3.05, 3.63) is 10.4 Å². The molecule has 0 aliphatic heterocycles. The predicted molar refractivity (Wildman–Crippen MR) is 51.6 cm³/mol. The summed E-state index contributed by atoms with van der Waals surface area (Å²) < 4.78 is 0. The highest BCUT2D eigenvalue weighted by Crippen LogP contribution is 1.98. The van der Waals surface area contributed by atoms with Gasteiger partial charge in [0, 0.05) is 11.5 Å². The molecule has 0 radical (unpaired) electrons. The van der Waals surface area contributed by atoms with Gasteiger partial charge in [0.2, 0.25) is 0 Å². The third-order valence-electron chi connectivity index (χ3n) is 1.55. The number of carboxylic acids is 1. The Hall–Kier alpha value is -1.24. The standard InChI is InChI=1S/C6H13BN4O3/c1-7(14)10-5(6(12)13)3-2-4-9-11-8/h5,10,14H,2-4H2,1H3,(H,12,13). The maximum atomic E-state index is 10.6. The Morgan fingerprint density at radius 2 is 2.43 bits per heavy atom. The predicted octanol–water partition coefficient (Wildman–Crippen LogP) is 0.230. The number of nitrogens with zero attached hydrogens (tertiary/aromatic N) is 3. The van der Waals surface area contributed by atoms with Gasteiger partial charge in [0.15, 0.2) is 0 Å². The monoisotopic (exact) mass is 200 g/mol. The Labute approximate surface area is 81.9 Å². The Kier molecular flexibility index (Phi) is 6.56. The molecule has 0 aromatic rings. The molecule has 0 bridgehead atoms. The van der Waals surface area contributed by atoms with Gasteiger partial charge in [-0.3, -0.25) is 4.79 Å². The van der Waals surface area contributed by atoms with E-state index in [0.29, 0.717) is 12.8 Å². The molecule has 0 aromatic carbocycles. The minimum atomic E-state index is -1.02. The number of aliphatic carboxylic acids is 1. The van der Waals surface area contributed by atoms with Crippen molar-refractivity contribution in [2.45, 2.75) is 25.7 Å². The molecule has 3 N–H and O–H groups in total. The fourth-order valence-electron chi connectivity index (χ4n) is 0.980. The second-order valence-corrected chi connectivity index (χ2v) is 2.83. The number of azide groups is 1. The molecule has 0 aliphatic rings. The minimum Gasteiger partial charge on any atom is -0.480 e. The molecule has 0 saturated heterocycles. The highest BCUT2D eigenvalue weighted by atomic mass is 16.4. The van der Waals surface area contributed by atoms with Crippen molar-refractivity contribution in [2.75, 3.05) is 6.54 Å². The molecule has 1 atom stereocenters. The van der Waals surface area contributed by atoms with Crippen LogP contribution in [0.5, 0.6) is 0 Å². The first-order valence-electron chi connectivity index (χ1n) is 4.25. The van der Waals surface area contributed by atoms with Crippen molar-refractivity contribution in [1.29, 1.82) is 0 Å². The van der Waals surface area contributed by atoms with Gasteiger partial charge in [-0.1, -0.05) is 5.11 Å². The summed E-state index contributed by atoms with van der Waals surface area (Å²) in [5.74, 6) is -1.02. The zero-order chi connectivity index (χ0) is 11.0. The lowest BCUT2D eigenvalue weighted by molar-refractivity contribution is -0.139. The maximum absolute atomic E-state index is 10.6. The van der Waals surface area contributed by atoms with Gasteiger partial charge in [-0.2, -0.15) is 0 Å². The van der Waals surface area contributed by atoms with Gasteiger partial charge in [0.05, 0.1) is 6.04 Å². The lowest BCUT2D eigenvalue weighted by Crippen LogP contribution is -2.44. The van der Waals surface area contributed by atoms with Crippen molar-refractivity contribution >= 4 is 13.0 Å². The van der Waals surface area contributed by atoms with Crippen molar-refractivity contribution in [3.8, 4) is 0 Å². The molecule has 0 amide bonds. The van der Waals surface area contributed by atoms with Crippen LogP contribution in [0.15, 0.2) is 5.11 Å². The third-order valence-corrected chi connectivity index (χ3v) is 1.55. The Morgan fingerprint density at radius 1 is 1.79 bits per heavy atom. The topological polar surface area (TPSA) is 118 Å². The Bertz CT molecular complexity index is 229. The molecule has 0 saturated carbocycles. The highest BCUT2D eigenvalue weighted by molar-refractivity contribution is 6.45. The van der Waals surface area contributed by atoms with Crippen LogP contribution in [0.1, 0.15) is 12.8 Å². The van der Waals surface area contributed by atoms with Crippen LogP contribution in [0.2, 0.25) is 6.82 Å². The van der Waals surface area contributed by atoms with Gasteiger partial charge >= 0.3 is 13.0 Å². The van der Waals surface area contributed by atoms with E-state index in [1.165, 1.54) is 6.82 Å². The molecule has 14 heavy (non-hydrogen) atoms. The van der Waals surface area contributed by atoms with E-state index in [-0.39, 0.29) is 6.54 Å². The van der Waals surface area contributed by atoms with Gasteiger partial charge in [-0.25, -0.2) is 0 Å². The van der Waals surface area contributed by atoms with E-state index in [4.69, 9.17) is 15.7 Å². The van der Waals surface area contributed by atoms with Crippen molar-refractivity contribution < 1.29 is 14.9 Å². The summed E-state index contributed by atoms with van der Waals surface area (Å²) >= 11 is 0. The molecule has 0 aromatic heterocycles. The number of hydrogen-bond donors (Lipinski definition) is 3. The van der Waals surface area contributed by atoms with E-state index in [0.717, 1.165) is 0 Å². The van der Waals surface area contributed by atoms with Crippen LogP contribution in [0.4, 0.5) is 0 Å². The average molecular weight is 200 g/mol. The molecule has 0 spiro atoms. The summed E-state index contributed by atoms with van der Waals surface area (Å²) in [6, 6.07) is -0.802. The zero-order valence-electron chi connectivity index (χ0n) is 7.92. The quantitative estimate of drug-likeness (QED) is 0.179. The molecule has 1 unspecified atom stereocenters. The fourth-order valence-corrected chi connectivity index (χ4v) is 0.980. The number of hydrogen-bond acceptors (Lipinski definition) is 4. The highest BCUT2D eigenvalue weighted by Gasteiger charge is 2.19. The molecule has 0 heterocycles. The molecule has 78 valence electrons. The molecular weight excluding hydrogens is 187 g/mol. The number of nitrogens with one attached hydrogen (secondary N) is 1. The van der Waals surface area contributed by atoms with E-state index in [2.05, 4.69) is 15.3 Å². The first kappa shape index (κ1) is 12.8. The normalized spacial score (nSPS) is 11.6. The van der Waals surface area contributed by atoms with Crippen LogP contribution >= 0.6 is 0 Å². The lowest BCUT2D eigenvalue weighted by atomic mass is 9.86. The van der Waals surface area contributed by atoms with Crippen LogP contribution in [0, 0.1) is 0 Å². The van der Waals surface area contributed by atoms with Crippen molar-refractivity contribution in [3.63, 3.8) is 0 Å². The second-order valence-electron chi connectivity index (χ2n) is 2.83. The van der Waals surface area contributed by atoms with Gasteiger partial charge in [0.25, 0.3) is 0 Å². The zero-order valence-corrected chi connectivity index (χ0v) is 7.92. The van der Waals surface area contributed by atoms with E-state index in [9.17, 15) is 4.79 Å². The molecular formula is C6H13BN4O3. The van der Waals surface area contributed by atoms with Crippen LogP contribution in [0.25, 0.3) is 10.4 Å². The second kappa shape index (κ2) is 7.20. The molecule has 0 aliphatic carbocycles. The minimum absolute atomic E-state index is 0.266. The summed E-state index contributed by atoms with van der Waals surface area (Å²) in [6.07, 6.45) is 0.792. The van der Waals surface area contributed by atoms with Crippen LogP contribution in [0.3, 0.4) is 0 Å². The largest absolute Gasteiger partial charge is 0.480 e. The SMILES string of the molecule is CB(O)NC(CCCN=[N+]=[N-])C(=O)O. The van der Waals surface area contributed by atoms with E-state index in [1.54, 1.807) is 0 Å². The maximum Gasteiger partial charge on any atom is 0.374 e. The molecule has 7 nitrogen and oxygen atoms in total. The third kappa shape index (κ3) is 6.30. The van der Waals surface area contributed by atoms with Crippen LogP contribution in [-0.2, 0) is 4.79 Å². The average Bonchev–Trinajstić information content (AvgIpc) is 2.09. The fraction of sp³-hybridized carbons (Fsp3) is 0.833. The Balaban J connectivity index is 3.85. The number of carboxylic acid groups (broad SMARTS) is 1. The van der Waals surface area contributed by atoms with E-state index in [1.807, 2.05) is 0 Å². The van der Waals surface area contributed by atoms with Gasteiger partial charge in [-0.15, -0.1) is 0 Å². The summed E-state index contributed by atoms with van der Waals surface area (Å²) in [6.45, 7) is 1.71. The van der Waals surface area contributed by atoms with Gasteiger partial charge in [0.1, 0.15) is 0 Å². The molecule has 0 fully saturated rings. The van der Waals surface area contributed by atoms with Crippen molar-refractivity contribution in [2.24, 2.45) is 5.11 Å². The lowest BCUT2D eigenvalue weighted by Gasteiger charge is -2.13. The van der Waals surface area contributed by atoms with Crippen LogP contribution < -0.4 is 5.23 Å². The molecule has 8 heteroatoms. The van der Waals surface area contributed by atoms with E-state index >= 15 is 0 Å². The van der Waals surface area contributed by atoms with Gasteiger partial charge in [-0.05, 0) is 25.2 Å². The summed E-state index contributed by atoms with van der Waals surface area (Å²) in [5.41, 5.74) is 7.97. The van der Waals surface area contributed by atoms with E-state index < -0.39 is 19.1 Å². The molecule has 0 rings (SSSR count). The van der Waals surface area contributed by atoms with Crippen LogP contribution in [-0.4, -0.2) is 35.7 Å². The van der Waals surface area contributed by atoms with Crippen molar-refractivity contribution in [1.82, 2.24) is 5.23 Å². The summed E-state index contributed by atoms with van der Waals surface area (Å²) in [4.78, 5) is 13.2. The smallest absolute Gasteiger partial charge is 0.374 e. The first-order valence-corrected chi connectivity index (χ1v) is 4.25. The number of carbonyl (C=O) groups is 1. The first-order chi connectivity index (χ1) is 6.57. The summed E-state index contributed by atoms with van der Waals surface area (Å²) in [7, 11) is -0.865. The number of rotatable bonds is 7.